The Labute approximate surface area is 123 Å². The van der Waals surface area contributed by atoms with Gasteiger partial charge in [-0.3, -0.25) is 4.79 Å². The van der Waals surface area contributed by atoms with Crippen molar-refractivity contribution < 1.29 is 4.79 Å². The highest BCUT2D eigenvalue weighted by Crippen LogP contribution is 2.25. The lowest BCUT2D eigenvalue weighted by atomic mass is 9.97. The average Bonchev–Trinajstić information content (AvgIpc) is 2.46. The molecule has 0 aliphatic carbocycles. The predicted molar refractivity (Wildman–Crippen MR) is 80.8 cm³/mol. The van der Waals surface area contributed by atoms with E-state index in [1.807, 2.05) is 23.1 Å². The molecule has 1 amide bonds. The molecule has 0 unspecified atom stereocenters. The fraction of sp³-hybridized carbons (Fsp3) is 0.188. The van der Waals surface area contributed by atoms with Crippen LogP contribution >= 0.6 is 11.6 Å². The number of nitrogens with two attached hydrogens (primary N) is 1. The summed E-state index contributed by atoms with van der Waals surface area (Å²) in [5, 5.41) is 0.581. The van der Waals surface area contributed by atoms with E-state index in [2.05, 4.69) is 0 Å². The Morgan fingerprint density at radius 1 is 1.20 bits per heavy atom. The fourth-order valence-electron chi connectivity index (χ4n) is 2.62. The van der Waals surface area contributed by atoms with Crippen molar-refractivity contribution in [2.45, 2.75) is 13.0 Å². The molecule has 20 heavy (non-hydrogen) atoms. The summed E-state index contributed by atoms with van der Waals surface area (Å²) in [7, 11) is 0. The molecule has 2 aromatic carbocycles. The van der Waals surface area contributed by atoms with Crippen molar-refractivity contribution >= 4 is 23.2 Å². The van der Waals surface area contributed by atoms with Crippen LogP contribution in [0.25, 0.3) is 0 Å². The molecule has 102 valence electrons. The zero-order valence-electron chi connectivity index (χ0n) is 11.0. The molecule has 0 bridgehead atoms. The molecule has 3 nitrogen and oxygen atoms in total. The van der Waals surface area contributed by atoms with Gasteiger partial charge in [0.05, 0.1) is 0 Å². The van der Waals surface area contributed by atoms with E-state index in [1.165, 1.54) is 5.56 Å². The Bertz CT molecular complexity index is 669. The maximum absolute atomic E-state index is 12.5. The first-order chi connectivity index (χ1) is 9.65. The zero-order valence-corrected chi connectivity index (χ0v) is 11.7. The van der Waals surface area contributed by atoms with E-state index in [-0.39, 0.29) is 5.91 Å². The van der Waals surface area contributed by atoms with E-state index in [9.17, 15) is 4.79 Å². The summed E-state index contributed by atoms with van der Waals surface area (Å²) in [6.45, 7) is 1.29. The second-order valence-corrected chi connectivity index (χ2v) is 5.41. The number of amides is 1. The first kappa shape index (κ1) is 13.0. The molecular formula is C16H15ClN2O. The number of nitrogen functional groups attached to an aromatic ring is 1. The van der Waals surface area contributed by atoms with Gasteiger partial charge in [0.1, 0.15) is 0 Å². The molecule has 0 spiro atoms. The third-order valence-electron chi connectivity index (χ3n) is 3.66. The van der Waals surface area contributed by atoms with Crippen LogP contribution in [0.4, 0.5) is 5.69 Å². The SMILES string of the molecule is Nc1cccc2c1CCN(C(=O)c1cccc(Cl)c1)C2. The molecule has 0 radical (unpaired) electrons. The zero-order chi connectivity index (χ0) is 14.1. The van der Waals surface area contributed by atoms with Crippen LogP contribution in [-0.2, 0) is 13.0 Å². The third-order valence-corrected chi connectivity index (χ3v) is 3.90. The van der Waals surface area contributed by atoms with E-state index < -0.39 is 0 Å². The molecule has 0 saturated heterocycles. The van der Waals surface area contributed by atoms with E-state index in [0.29, 0.717) is 23.7 Å². The highest BCUT2D eigenvalue weighted by Gasteiger charge is 2.22. The van der Waals surface area contributed by atoms with Gasteiger partial charge >= 0.3 is 0 Å². The van der Waals surface area contributed by atoms with Gasteiger partial charge in [-0.1, -0.05) is 29.8 Å². The molecule has 4 heteroatoms. The first-order valence-electron chi connectivity index (χ1n) is 6.56. The quantitative estimate of drug-likeness (QED) is 0.819. The summed E-state index contributed by atoms with van der Waals surface area (Å²) in [5.41, 5.74) is 9.72. The van der Waals surface area contributed by atoms with Crippen LogP contribution in [-0.4, -0.2) is 17.4 Å². The minimum absolute atomic E-state index is 0.0144. The van der Waals surface area contributed by atoms with E-state index in [4.69, 9.17) is 17.3 Å². The van der Waals surface area contributed by atoms with Crippen molar-refractivity contribution in [2.24, 2.45) is 0 Å². The van der Waals surface area contributed by atoms with Gasteiger partial charge in [0.25, 0.3) is 5.91 Å². The minimum atomic E-state index is 0.0144. The van der Waals surface area contributed by atoms with Gasteiger partial charge in [-0.15, -0.1) is 0 Å². The van der Waals surface area contributed by atoms with Gasteiger partial charge in [-0.25, -0.2) is 0 Å². The molecule has 0 fully saturated rings. The molecule has 0 saturated carbocycles. The maximum atomic E-state index is 12.5. The number of hydrogen-bond acceptors (Lipinski definition) is 2. The topological polar surface area (TPSA) is 46.3 Å². The van der Waals surface area contributed by atoms with Gasteiger partial charge in [0.2, 0.25) is 0 Å². The summed E-state index contributed by atoms with van der Waals surface area (Å²) < 4.78 is 0. The Hall–Kier alpha value is -2.00. The van der Waals surface area contributed by atoms with Crippen LogP contribution in [0.3, 0.4) is 0 Å². The average molecular weight is 287 g/mol. The Kier molecular flexibility index (Phi) is 3.36. The number of halogens is 1. The van der Waals surface area contributed by atoms with E-state index >= 15 is 0 Å². The number of anilines is 1. The van der Waals surface area contributed by atoms with Gasteiger partial charge in [0.15, 0.2) is 0 Å². The van der Waals surface area contributed by atoms with Crippen LogP contribution in [0.1, 0.15) is 21.5 Å². The van der Waals surface area contributed by atoms with Crippen LogP contribution in [0, 0.1) is 0 Å². The molecule has 1 aliphatic heterocycles. The van der Waals surface area contributed by atoms with Gasteiger partial charge in [-0.2, -0.15) is 0 Å². The Balaban J connectivity index is 1.85. The molecule has 1 aliphatic rings. The summed E-state index contributed by atoms with van der Waals surface area (Å²) in [6.07, 6.45) is 0.800. The second-order valence-electron chi connectivity index (χ2n) is 4.97. The third kappa shape index (κ3) is 2.37. The lowest BCUT2D eigenvalue weighted by Crippen LogP contribution is -2.36. The normalized spacial score (nSPS) is 13.9. The smallest absolute Gasteiger partial charge is 0.254 e. The van der Waals surface area contributed by atoms with Gasteiger partial charge in [-0.05, 0) is 41.8 Å². The lowest BCUT2D eigenvalue weighted by Gasteiger charge is -2.29. The van der Waals surface area contributed by atoms with Gasteiger partial charge < -0.3 is 10.6 Å². The van der Waals surface area contributed by atoms with Crippen molar-refractivity contribution in [1.82, 2.24) is 4.90 Å². The van der Waals surface area contributed by atoms with Crippen LogP contribution in [0.15, 0.2) is 42.5 Å². The number of carbonyl (C=O) groups is 1. The van der Waals surface area contributed by atoms with Crippen LogP contribution < -0.4 is 5.73 Å². The largest absolute Gasteiger partial charge is 0.398 e. The summed E-state index contributed by atoms with van der Waals surface area (Å²) >= 11 is 5.94. The highest BCUT2D eigenvalue weighted by atomic mass is 35.5. The van der Waals surface area contributed by atoms with Crippen LogP contribution in [0.5, 0.6) is 0 Å². The summed E-state index contributed by atoms with van der Waals surface area (Å²) in [6, 6.07) is 12.9. The number of fused-ring (bicyclic) bond motifs is 1. The van der Waals surface area contributed by atoms with E-state index in [0.717, 1.165) is 17.7 Å². The molecule has 1 heterocycles. The number of hydrogen-bond donors (Lipinski definition) is 1. The number of nitrogens with zero attached hydrogens (tertiary/aromatic N) is 1. The van der Waals surface area contributed by atoms with Gasteiger partial charge in [0, 0.05) is 29.4 Å². The molecule has 2 aromatic rings. The standard InChI is InChI=1S/C16H15ClN2O/c17-13-5-1-3-11(9-13)16(20)19-8-7-14-12(10-19)4-2-6-15(14)18/h1-6,9H,7-8,10,18H2. The maximum Gasteiger partial charge on any atom is 0.254 e. The van der Waals surface area contributed by atoms with Crippen molar-refractivity contribution in [3.63, 3.8) is 0 Å². The number of carbonyl (C=O) groups excluding carboxylic acids is 1. The predicted octanol–water partition coefficient (Wildman–Crippen LogP) is 3.12. The van der Waals surface area contributed by atoms with Crippen LogP contribution in [0.2, 0.25) is 5.02 Å². The molecule has 3 rings (SSSR count). The summed E-state index contributed by atoms with van der Waals surface area (Å²) in [5.74, 6) is 0.0144. The number of benzene rings is 2. The molecule has 0 aromatic heterocycles. The first-order valence-corrected chi connectivity index (χ1v) is 6.94. The molecule has 0 atom stereocenters. The highest BCUT2D eigenvalue weighted by molar-refractivity contribution is 6.30. The molecular weight excluding hydrogens is 272 g/mol. The Morgan fingerprint density at radius 3 is 2.80 bits per heavy atom. The monoisotopic (exact) mass is 286 g/mol. The van der Waals surface area contributed by atoms with Crippen molar-refractivity contribution in [3.05, 3.63) is 64.2 Å². The minimum Gasteiger partial charge on any atom is -0.398 e. The summed E-state index contributed by atoms with van der Waals surface area (Å²) in [4.78, 5) is 14.3. The van der Waals surface area contributed by atoms with Crippen molar-refractivity contribution in [3.8, 4) is 0 Å². The Morgan fingerprint density at radius 2 is 2.00 bits per heavy atom. The number of rotatable bonds is 1. The lowest BCUT2D eigenvalue weighted by molar-refractivity contribution is 0.0735. The molecule has 2 N–H and O–H groups in total. The van der Waals surface area contributed by atoms with Crippen molar-refractivity contribution in [1.29, 1.82) is 0 Å². The second kappa shape index (κ2) is 5.17. The fourth-order valence-corrected chi connectivity index (χ4v) is 2.81. The van der Waals surface area contributed by atoms with E-state index in [1.54, 1.807) is 24.3 Å². The van der Waals surface area contributed by atoms with Crippen molar-refractivity contribution in [2.75, 3.05) is 12.3 Å².